The number of aryl methyl sites for hydroxylation is 1. The van der Waals surface area contributed by atoms with Gasteiger partial charge in [0.15, 0.2) is 0 Å². The van der Waals surface area contributed by atoms with Gasteiger partial charge in [0, 0.05) is 0 Å². The SMILES string of the molecule is Cc1ccc(C(=O)Oc2ccccc2)c(-c2ccccc2)c1. The molecule has 3 aromatic carbocycles. The first-order valence-electron chi connectivity index (χ1n) is 7.17. The summed E-state index contributed by atoms with van der Waals surface area (Å²) in [5, 5.41) is 0. The first-order valence-corrected chi connectivity index (χ1v) is 7.17. The summed E-state index contributed by atoms with van der Waals surface area (Å²) < 4.78 is 5.46. The van der Waals surface area contributed by atoms with Crippen molar-refractivity contribution in [3.63, 3.8) is 0 Å². The van der Waals surface area contributed by atoms with Crippen LogP contribution in [0.5, 0.6) is 5.75 Å². The molecule has 2 heteroatoms. The van der Waals surface area contributed by atoms with Crippen molar-refractivity contribution in [3.8, 4) is 16.9 Å². The molecule has 0 aliphatic heterocycles. The van der Waals surface area contributed by atoms with Crippen LogP contribution in [0.1, 0.15) is 15.9 Å². The second-order valence-corrected chi connectivity index (χ2v) is 5.12. The third kappa shape index (κ3) is 3.07. The van der Waals surface area contributed by atoms with Crippen molar-refractivity contribution in [1.29, 1.82) is 0 Å². The van der Waals surface area contributed by atoms with Crippen LogP contribution >= 0.6 is 0 Å². The zero-order valence-electron chi connectivity index (χ0n) is 12.3. The molecule has 0 fully saturated rings. The normalized spacial score (nSPS) is 10.2. The average Bonchev–Trinajstić information content (AvgIpc) is 2.56. The Hall–Kier alpha value is -2.87. The van der Waals surface area contributed by atoms with Crippen molar-refractivity contribution >= 4 is 5.97 Å². The number of para-hydroxylation sites is 1. The molecular weight excluding hydrogens is 272 g/mol. The topological polar surface area (TPSA) is 26.3 Å². The van der Waals surface area contributed by atoms with Gasteiger partial charge in [-0.25, -0.2) is 4.79 Å². The molecule has 0 bridgehead atoms. The molecule has 3 aromatic rings. The van der Waals surface area contributed by atoms with Crippen LogP contribution in [0.25, 0.3) is 11.1 Å². The molecule has 0 saturated heterocycles. The molecule has 2 nitrogen and oxygen atoms in total. The van der Waals surface area contributed by atoms with Crippen molar-refractivity contribution < 1.29 is 9.53 Å². The molecule has 0 aromatic heterocycles. The fourth-order valence-corrected chi connectivity index (χ4v) is 2.34. The summed E-state index contributed by atoms with van der Waals surface area (Å²) in [5.74, 6) is 0.206. The molecule has 3 rings (SSSR count). The number of carbonyl (C=O) groups excluding carboxylic acids is 1. The van der Waals surface area contributed by atoms with Gasteiger partial charge in [-0.3, -0.25) is 0 Å². The molecule has 0 amide bonds. The number of hydrogen-bond donors (Lipinski definition) is 0. The highest BCUT2D eigenvalue weighted by molar-refractivity contribution is 5.98. The highest BCUT2D eigenvalue weighted by Crippen LogP contribution is 2.26. The third-order valence-electron chi connectivity index (χ3n) is 3.43. The van der Waals surface area contributed by atoms with Crippen LogP contribution in [0.3, 0.4) is 0 Å². The lowest BCUT2D eigenvalue weighted by atomic mass is 9.97. The Bertz CT molecular complexity index is 777. The van der Waals surface area contributed by atoms with Crippen LogP contribution in [0.4, 0.5) is 0 Å². The van der Waals surface area contributed by atoms with Crippen molar-refractivity contribution in [2.75, 3.05) is 0 Å². The fourth-order valence-electron chi connectivity index (χ4n) is 2.34. The summed E-state index contributed by atoms with van der Waals surface area (Å²) in [4.78, 5) is 12.5. The van der Waals surface area contributed by atoms with E-state index >= 15 is 0 Å². The smallest absolute Gasteiger partial charge is 0.344 e. The number of benzene rings is 3. The van der Waals surface area contributed by atoms with Crippen LogP contribution in [0, 0.1) is 6.92 Å². The lowest BCUT2D eigenvalue weighted by Gasteiger charge is -2.11. The van der Waals surface area contributed by atoms with Gasteiger partial charge in [0.2, 0.25) is 0 Å². The molecule has 22 heavy (non-hydrogen) atoms. The summed E-state index contributed by atoms with van der Waals surface area (Å²) in [5.41, 5.74) is 3.57. The van der Waals surface area contributed by atoms with Gasteiger partial charge in [-0.1, -0.05) is 66.2 Å². The lowest BCUT2D eigenvalue weighted by Crippen LogP contribution is -2.10. The van der Waals surface area contributed by atoms with Crippen molar-refractivity contribution in [2.45, 2.75) is 6.92 Å². The zero-order valence-corrected chi connectivity index (χ0v) is 12.3. The largest absolute Gasteiger partial charge is 0.423 e. The zero-order chi connectivity index (χ0) is 15.4. The quantitative estimate of drug-likeness (QED) is 0.507. The van der Waals surface area contributed by atoms with Crippen molar-refractivity contribution in [3.05, 3.63) is 90.0 Å². The van der Waals surface area contributed by atoms with Gasteiger partial charge in [-0.05, 0) is 36.2 Å². The first-order chi connectivity index (χ1) is 10.7. The molecule has 0 radical (unpaired) electrons. The Kier molecular flexibility index (Phi) is 4.01. The van der Waals surface area contributed by atoms with Gasteiger partial charge in [0.1, 0.15) is 5.75 Å². The molecule has 0 aliphatic carbocycles. The highest BCUT2D eigenvalue weighted by Gasteiger charge is 2.15. The predicted molar refractivity (Wildman–Crippen MR) is 88.0 cm³/mol. The van der Waals surface area contributed by atoms with E-state index in [2.05, 4.69) is 0 Å². The number of ether oxygens (including phenoxy) is 1. The molecule has 0 heterocycles. The second kappa shape index (κ2) is 6.27. The highest BCUT2D eigenvalue weighted by atomic mass is 16.5. The summed E-state index contributed by atoms with van der Waals surface area (Å²) in [6.07, 6.45) is 0. The molecule has 0 saturated carbocycles. The molecule has 0 aliphatic rings. The average molecular weight is 288 g/mol. The van der Waals surface area contributed by atoms with E-state index < -0.39 is 0 Å². The molecule has 0 unspecified atom stereocenters. The summed E-state index contributed by atoms with van der Waals surface area (Å²) in [6.45, 7) is 2.01. The Morgan fingerprint density at radius 2 is 1.45 bits per heavy atom. The van der Waals surface area contributed by atoms with Gasteiger partial charge in [-0.15, -0.1) is 0 Å². The van der Waals surface area contributed by atoms with E-state index in [0.717, 1.165) is 16.7 Å². The Labute approximate surface area is 130 Å². The van der Waals surface area contributed by atoms with Crippen LogP contribution in [-0.2, 0) is 0 Å². The van der Waals surface area contributed by atoms with Crippen molar-refractivity contribution in [2.24, 2.45) is 0 Å². The van der Waals surface area contributed by atoms with Gasteiger partial charge in [0.05, 0.1) is 5.56 Å². The summed E-state index contributed by atoms with van der Waals surface area (Å²) >= 11 is 0. The monoisotopic (exact) mass is 288 g/mol. The fraction of sp³-hybridized carbons (Fsp3) is 0.0500. The van der Waals surface area contributed by atoms with Crippen LogP contribution in [0.2, 0.25) is 0 Å². The summed E-state index contributed by atoms with van der Waals surface area (Å²) in [7, 11) is 0. The standard InChI is InChI=1S/C20H16O2/c1-15-12-13-18(19(14-15)16-8-4-2-5-9-16)20(21)22-17-10-6-3-7-11-17/h2-14H,1H3. The predicted octanol–water partition coefficient (Wildman–Crippen LogP) is 4.88. The van der Waals surface area contributed by atoms with E-state index in [1.165, 1.54) is 0 Å². The van der Waals surface area contributed by atoms with E-state index in [0.29, 0.717) is 11.3 Å². The maximum atomic E-state index is 12.5. The first kappa shape index (κ1) is 14.1. The third-order valence-corrected chi connectivity index (χ3v) is 3.43. The van der Waals surface area contributed by atoms with E-state index in [1.807, 2.05) is 73.7 Å². The second-order valence-electron chi connectivity index (χ2n) is 5.12. The Morgan fingerprint density at radius 1 is 0.818 bits per heavy atom. The minimum Gasteiger partial charge on any atom is -0.423 e. The van der Waals surface area contributed by atoms with E-state index in [4.69, 9.17) is 4.74 Å². The van der Waals surface area contributed by atoms with Gasteiger partial charge < -0.3 is 4.74 Å². The molecule has 0 atom stereocenters. The van der Waals surface area contributed by atoms with Gasteiger partial charge in [-0.2, -0.15) is 0 Å². The van der Waals surface area contributed by atoms with Crippen LogP contribution in [-0.4, -0.2) is 5.97 Å². The van der Waals surface area contributed by atoms with Crippen LogP contribution in [0.15, 0.2) is 78.9 Å². The molecular formula is C20H16O2. The number of esters is 1. The molecule has 0 N–H and O–H groups in total. The number of rotatable bonds is 3. The number of carbonyl (C=O) groups is 1. The van der Waals surface area contributed by atoms with Crippen LogP contribution < -0.4 is 4.74 Å². The minimum atomic E-state index is -0.343. The van der Waals surface area contributed by atoms with E-state index in [1.54, 1.807) is 12.1 Å². The van der Waals surface area contributed by atoms with E-state index in [-0.39, 0.29) is 5.97 Å². The maximum absolute atomic E-state index is 12.5. The van der Waals surface area contributed by atoms with Gasteiger partial charge >= 0.3 is 5.97 Å². The molecule has 0 spiro atoms. The Morgan fingerprint density at radius 3 is 2.14 bits per heavy atom. The maximum Gasteiger partial charge on any atom is 0.344 e. The minimum absolute atomic E-state index is 0.343. The summed E-state index contributed by atoms with van der Waals surface area (Å²) in [6, 6.07) is 24.7. The lowest BCUT2D eigenvalue weighted by molar-refractivity contribution is 0.0735. The molecule has 108 valence electrons. The van der Waals surface area contributed by atoms with Gasteiger partial charge in [0.25, 0.3) is 0 Å². The van der Waals surface area contributed by atoms with E-state index in [9.17, 15) is 4.79 Å². The number of hydrogen-bond acceptors (Lipinski definition) is 2. The Balaban J connectivity index is 1.98. The van der Waals surface area contributed by atoms with Crippen molar-refractivity contribution in [1.82, 2.24) is 0 Å².